The lowest BCUT2D eigenvalue weighted by atomic mass is 10.2. The molecule has 4 heteroatoms. The van der Waals surface area contributed by atoms with Crippen LogP contribution in [-0.4, -0.2) is 13.0 Å². The Hall–Kier alpha value is -2.49. The van der Waals surface area contributed by atoms with Crippen molar-refractivity contribution in [1.29, 1.82) is 0 Å². The van der Waals surface area contributed by atoms with E-state index in [4.69, 9.17) is 4.84 Å². The van der Waals surface area contributed by atoms with Crippen LogP contribution in [0.2, 0.25) is 0 Å². The molecule has 2 N–H and O–H groups in total. The predicted octanol–water partition coefficient (Wildman–Crippen LogP) is 2.45. The monoisotopic (exact) mass is 242 g/mol. The highest BCUT2D eigenvalue weighted by atomic mass is 16.6. The number of rotatable bonds is 4. The zero-order valence-electron chi connectivity index (χ0n) is 10.0. The molecule has 0 unspecified atom stereocenters. The molecule has 2 aromatic carbocycles. The average Bonchev–Trinajstić information content (AvgIpc) is 2.45. The van der Waals surface area contributed by atoms with Crippen LogP contribution in [0.15, 0.2) is 54.6 Å². The molecule has 92 valence electrons. The van der Waals surface area contributed by atoms with Gasteiger partial charge in [0.2, 0.25) is 0 Å². The van der Waals surface area contributed by atoms with Gasteiger partial charge in [-0.1, -0.05) is 24.3 Å². The molecule has 0 radical (unpaired) electrons. The lowest BCUT2D eigenvalue weighted by molar-refractivity contribution is 0.0962. The number of nitrogens with one attached hydrogen (secondary N) is 2. The summed E-state index contributed by atoms with van der Waals surface area (Å²) in [5.41, 5.74) is 4.22. The summed E-state index contributed by atoms with van der Waals surface area (Å²) in [7, 11) is 1.60. The molecule has 0 fully saturated rings. The van der Waals surface area contributed by atoms with Gasteiger partial charge < -0.3 is 10.2 Å². The summed E-state index contributed by atoms with van der Waals surface area (Å²) >= 11 is 0. The molecule has 0 aliphatic carbocycles. The Morgan fingerprint density at radius 2 is 1.83 bits per heavy atom. The van der Waals surface area contributed by atoms with E-state index in [1.165, 1.54) is 0 Å². The van der Waals surface area contributed by atoms with E-state index < -0.39 is 0 Å². The van der Waals surface area contributed by atoms with Gasteiger partial charge in [0.15, 0.2) is 5.75 Å². The molecule has 4 nitrogen and oxygen atoms in total. The van der Waals surface area contributed by atoms with E-state index in [1.54, 1.807) is 31.3 Å². The molecule has 2 rings (SSSR count). The van der Waals surface area contributed by atoms with Crippen molar-refractivity contribution < 1.29 is 9.63 Å². The van der Waals surface area contributed by atoms with E-state index in [9.17, 15) is 4.79 Å². The third-order valence-electron chi connectivity index (χ3n) is 2.38. The zero-order chi connectivity index (χ0) is 12.8. The molecule has 0 saturated heterocycles. The van der Waals surface area contributed by atoms with E-state index >= 15 is 0 Å². The van der Waals surface area contributed by atoms with Gasteiger partial charge in [-0.2, -0.15) is 0 Å². The second-order valence-electron chi connectivity index (χ2n) is 3.68. The number of hydrogen-bond acceptors (Lipinski definition) is 3. The maximum absolute atomic E-state index is 11.5. The van der Waals surface area contributed by atoms with Gasteiger partial charge in [-0.05, 0) is 30.3 Å². The first kappa shape index (κ1) is 12.0. The SMILES string of the molecule is CNC(=O)c1cccc(ONc2ccccc2)c1. The number of carbonyl (C=O) groups is 1. The van der Waals surface area contributed by atoms with Crippen LogP contribution >= 0.6 is 0 Å². The molecular weight excluding hydrogens is 228 g/mol. The summed E-state index contributed by atoms with van der Waals surface area (Å²) in [6.45, 7) is 0. The van der Waals surface area contributed by atoms with Gasteiger partial charge in [0.1, 0.15) is 0 Å². The lowest BCUT2D eigenvalue weighted by Gasteiger charge is -2.08. The van der Waals surface area contributed by atoms with Gasteiger partial charge in [0, 0.05) is 12.6 Å². The van der Waals surface area contributed by atoms with E-state index in [0.29, 0.717) is 11.3 Å². The van der Waals surface area contributed by atoms with E-state index in [1.807, 2.05) is 30.3 Å². The van der Waals surface area contributed by atoms with Crippen molar-refractivity contribution in [3.05, 3.63) is 60.2 Å². The molecule has 0 bridgehead atoms. The lowest BCUT2D eigenvalue weighted by Crippen LogP contribution is -2.17. The summed E-state index contributed by atoms with van der Waals surface area (Å²) in [6.07, 6.45) is 0. The number of anilines is 1. The third-order valence-corrected chi connectivity index (χ3v) is 2.38. The highest BCUT2D eigenvalue weighted by Gasteiger charge is 2.04. The van der Waals surface area contributed by atoms with Gasteiger partial charge >= 0.3 is 0 Å². The minimum atomic E-state index is -0.139. The second kappa shape index (κ2) is 5.72. The Bertz CT molecular complexity index is 526. The fourth-order valence-corrected chi connectivity index (χ4v) is 1.47. The molecule has 2 aromatic rings. The zero-order valence-corrected chi connectivity index (χ0v) is 10.0. The number of amides is 1. The van der Waals surface area contributed by atoms with Gasteiger partial charge in [-0.15, -0.1) is 0 Å². The molecule has 1 amide bonds. The molecule has 0 atom stereocenters. The average molecular weight is 242 g/mol. The molecule has 0 aliphatic rings. The van der Waals surface area contributed by atoms with Crippen LogP contribution in [0.4, 0.5) is 5.69 Å². The van der Waals surface area contributed by atoms with Crippen molar-refractivity contribution in [1.82, 2.24) is 5.32 Å². The predicted molar refractivity (Wildman–Crippen MR) is 70.5 cm³/mol. The third kappa shape index (κ3) is 3.01. The van der Waals surface area contributed by atoms with Crippen molar-refractivity contribution in [2.45, 2.75) is 0 Å². The Kier molecular flexibility index (Phi) is 3.81. The first-order chi connectivity index (χ1) is 8.79. The Labute approximate surface area is 106 Å². The molecule has 0 saturated carbocycles. The first-order valence-electron chi connectivity index (χ1n) is 5.59. The first-order valence-corrected chi connectivity index (χ1v) is 5.59. The second-order valence-corrected chi connectivity index (χ2v) is 3.68. The number of carbonyl (C=O) groups excluding carboxylic acids is 1. The summed E-state index contributed by atoms with van der Waals surface area (Å²) in [6, 6.07) is 16.5. The van der Waals surface area contributed by atoms with Gasteiger partial charge in [0.25, 0.3) is 5.91 Å². The Morgan fingerprint density at radius 1 is 1.06 bits per heavy atom. The summed E-state index contributed by atoms with van der Waals surface area (Å²) in [5.74, 6) is 0.445. The molecular formula is C14H14N2O2. The molecule has 0 aliphatic heterocycles. The van der Waals surface area contributed by atoms with Crippen LogP contribution in [0.5, 0.6) is 5.75 Å². The molecule has 18 heavy (non-hydrogen) atoms. The Balaban J connectivity index is 2.04. The van der Waals surface area contributed by atoms with E-state index in [0.717, 1.165) is 5.69 Å². The number of hydrogen-bond donors (Lipinski definition) is 2. The molecule has 0 spiro atoms. The van der Waals surface area contributed by atoms with Crippen LogP contribution in [0.25, 0.3) is 0 Å². The normalized spacial score (nSPS) is 9.61. The summed E-state index contributed by atoms with van der Waals surface area (Å²) in [4.78, 5) is 16.9. The van der Waals surface area contributed by atoms with Crippen LogP contribution in [0, 0.1) is 0 Å². The maximum Gasteiger partial charge on any atom is 0.251 e. The smallest absolute Gasteiger partial charge is 0.251 e. The summed E-state index contributed by atoms with van der Waals surface area (Å²) in [5, 5.41) is 2.57. The fraction of sp³-hybridized carbons (Fsp3) is 0.0714. The fourth-order valence-electron chi connectivity index (χ4n) is 1.47. The van der Waals surface area contributed by atoms with Crippen LogP contribution < -0.4 is 15.6 Å². The van der Waals surface area contributed by atoms with Gasteiger partial charge in [-0.3, -0.25) is 4.79 Å². The standard InChI is InChI=1S/C14H14N2O2/c1-15-14(17)11-6-5-9-13(10-11)18-16-12-7-3-2-4-8-12/h2-10,16H,1H3,(H,15,17). The minimum absolute atomic E-state index is 0.139. The van der Waals surface area contributed by atoms with Crippen LogP contribution in [-0.2, 0) is 0 Å². The quantitative estimate of drug-likeness (QED) is 0.810. The Morgan fingerprint density at radius 3 is 2.56 bits per heavy atom. The van der Waals surface area contributed by atoms with Gasteiger partial charge in [-0.25, -0.2) is 5.48 Å². The van der Waals surface area contributed by atoms with Crippen LogP contribution in [0.1, 0.15) is 10.4 Å². The highest BCUT2D eigenvalue weighted by Crippen LogP contribution is 2.14. The summed E-state index contributed by atoms with van der Waals surface area (Å²) < 4.78 is 0. The number of benzene rings is 2. The topological polar surface area (TPSA) is 50.4 Å². The molecule has 0 heterocycles. The van der Waals surface area contributed by atoms with Crippen molar-refractivity contribution in [2.75, 3.05) is 12.5 Å². The largest absolute Gasteiger partial charge is 0.382 e. The van der Waals surface area contributed by atoms with Crippen molar-refractivity contribution >= 4 is 11.6 Å². The number of para-hydroxylation sites is 1. The van der Waals surface area contributed by atoms with E-state index in [-0.39, 0.29) is 5.91 Å². The van der Waals surface area contributed by atoms with Crippen LogP contribution in [0.3, 0.4) is 0 Å². The van der Waals surface area contributed by atoms with Gasteiger partial charge in [0.05, 0.1) is 5.69 Å². The van der Waals surface area contributed by atoms with Crippen molar-refractivity contribution in [3.8, 4) is 5.75 Å². The minimum Gasteiger partial charge on any atom is -0.382 e. The molecule has 0 aromatic heterocycles. The van der Waals surface area contributed by atoms with E-state index in [2.05, 4.69) is 10.8 Å². The highest BCUT2D eigenvalue weighted by molar-refractivity contribution is 5.94. The van der Waals surface area contributed by atoms with Crippen molar-refractivity contribution in [3.63, 3.8) is 0 Å². The van der Waals surface area contributed by atoms with Crippen molar-refractivity contribution in [2.24, 2.45) is 0 Å². The maximum atomic E-state index is 11.5.